The number of carbonyl (C=O) groups is 1. The van der Waals surface area contributed by atoms with Crippen LogP contribution in [-0.2, 0) is 0 Å². The van der Waals surface area contributed by atoms with Gasteiger partial charge in [-0.05, 0) is 73.6 Å². The predicted molar refractivity (Wildman–Crippen MR) is 83.1 cm³/mol. The van der Waals surface area contributed by atoms with Crippen LogP contribution in [-0.4, -0.2) is 17.1 Å². The van der Waals surface area contributed by atoms with Gasteiger partial charge in [0, 0.05) is 10.5 Å². The molecule has 0 unspecified atom stereocenters. The molecule has 0 saturated heterocycles. The van der Waals surface area contributed by atoms with Crippen molar-refractivity contribution in [2.45, 2.75) is 37.0 Å². The summed E-state index contributed by atoms with van der Waals surface area (Å²) in [5.74, 6) is 4.99. The molecule has 0 bridgehead atoms. The number of rotatable bonds is 2. The Balaban J connectivity index is 2.09. The van der Waals surface area contributed by atoms with Gasteiger partial charge in [0.1, 0.15) is 0 Å². The Labute approximate surface area is 124 Å². The van der Waals surface area contributed by atoms with E-state index in [9.17, 15) is 9.90 Å². The van der Waals surface area contributed by atoms with Crippen LogP contribution in [0.1, 0.15) is 42.5 Å². The number of aliphatic hydroxyl groups is 1. The van der Waals surface area contributed by atoms with E-state index in [-0.39, 0.29) is 11.5 Å². The lowest BCUT2D eigenvalue weighted by molar-refractivity contribution is 0.105. The maximum Gasteiger partial charge on any atom is 0.236 e. The SMILES string of the molecule is CSc1ccc(C(=O)C#CC(O)=C2CCCCC2)cc1. The average Bonchev–Trinajstić information content (AvgIpc) is 2.53. The van der Waals surface area contributed by atoms with E-state index in [2.05, 4.69) is 11.8 Å². The first-order valence-corrected chi connectivity index (χ1v) is 8.04. The van der Waals surface area contributed by atoms with Crippen molar-refractivity contribution in [1.82, 2.24) is 0 Å². The summed E-state index contributed by atoms with van der Waals surface area (Å²) < 4.78 is 0. The van der Waals surface area contributed by atoms with Gasteiger partial charge in [-0.15, -0.1) is 11.8 Å². The van der Waals surface area contributed by atoms with Crippen LogP contribution in [0.5, 0.6) is 0 Å². The Hall–Kier alpha value is -1.66. The van der Waals surface area contributed by atoms with E-state index in [4.69, 9.17) is 0 Å². The Bertz CT molecular complexity index is 565. The van der Waals surface area contributed by atoms with E-state index >= 15 is 0 Å². The molecule has 20 heavy (non-hydrogen) atoms. The number of benzene rings is 1. The van der Waals surface area contributed by atoms with Crippen LogP contribution in [0.15, 0.2) is 40.5 Å². The Morgan fingerprint density at radius 1 is 1.10 bits per heavy atom. The smallest absolute Gasteiger partial charge is 0.236 e. The highest BCUT2D eigenvalue weighted by molar-refractivity contribution is 7.98. The second kappa shape index (κ2) is 7.21. The monoisotopic (exact) mass is 286 g/mol. The van der Waals surface area contributed by atoms with Gasteiger partial charge in [0.15, 0.2) is 5.76 Å². The number of Topliss-reactive ketones (excluding diaryl/α,β-unsaturated/α-hetero) is 1. The molecule has 1 fully saturated rings. The molecule has 1 aliphatic rings. The maximum absolute atomic E-state index is 11.9. The third-order valence-corrected chi connectivity index (χ3v) is 4.18. The fourth-order valence-electron chi connectivity index (χ4n) is 2.23. The van der Waals surface area contributed by atoms with Gasteiger partial charge >= 0.3 is 0 Å². The van der Waals surface area contributed by atoms with Crippen molar-refractivity contribution in [3.8, 4) is 11.8 Å². The van der Waals surface area contributed by atoms with Gasteiger partial charge in [0.25, 0.3) is 0 Å². The topological polar surface area (TPSA) is 37.3 Å². The van der Waals surface area contributed by atoms with Crippen LogP contribution in [0.25, 0.3) is 0 Å². The van der Waals surface area contributed by atoms with Crippen LogP contribution in [0.3, 0.4) is 0 Å². The molecule has 1 N–H and O–H groups in total. The van der Waals surface area contributed by atoms with Crippen LogP contribution in [0.4, 0.5) is 0 Å². The van der Waals surface area contributed by atoms with Crippen molar-refractivity contribution in [3.05, 3.63) is 41.2 Å². The number of thioether (sulfide) groups is 1. The zero-order valence-electron chi connectivity index (χ0n) is 11.6. The highest BCUT2D eigenvalue weighted by atomic mass is 32.2. The number of allylic oxidation sites excluding steroid dienone is 2. The van der Waals surface area contributed by atoms with E-state index < -0.39 is 0 Å². The van der Waals surface area contributed by atoms with Crippen molar-refractivity contribution >= 4 is 17.5 Å². The minimum atomic E-state index is -0.249. The van der Waals surface area contributed by atoms with E-state index in [0.29, 0.717) is 5.56 Å². The molecule has 1 aromatic carbocycles. The zero-order chi connectivity index (χ0) is 14.4. The summed E-state index contributed by atoms with van der Waals surface area (Å²) in [6.07, 6.45) is 7.21. The van der Waals surface area contributed by atoms with Gasteiger partial charge in [-0.1, -0.05) is 6.42 Å². The van der Waals surface area contributed by atoms with E-state index in [1.807, 2.05) is 18.4 Å². The third-order valence-electron chi connectivity index (χ3n) is 3.44. The van der Waals surface area contributed by atoms with Gasteiger partial charge in [-0.3, -0.25) is 4.79 Å². The lowest BCUT2D eigenvalue weighted by Gasteiger charge is -2.12. The molecule has 2 rings (SSSR count). The second-order valence-electron chi connectivity index (χ2n) is 4.82. The normalized spacial score (nSPS) is 14.3. The number of hydrogen-bond donors (Lipinski definition) is 1. The molecule has 104 valence electrons. The molecular weight excluding hydrogens is 268 g/mol. The molecule has 1 aromatic rings. The molecule has 0 spiro atoms. The molecule has 0 radical (unpaired) electrons. The van der Waals surface area contributed by atoms with Crippen molar-refractivity contribution in [3.63, 3.8) is 0 Å². The first kappa shape index (κ1) is 14.7. The minimum Gasteiger partial charge on any atom is -0.501 e. The lowest BCUT2D eigenvalue weighted by Crippen LogP contribution is -1.99. The van der Waals surface area contributed by atoms with Gasteiger partial charge in [0.2, 0.25) is 5.78 Å². The molecular formula is C17H18O2S. The molecule has 2 nitrogen and oxygen atoms in total. The van der Waals surface area contributed by atoms with Crippen molar-refractivity contribution in [2.24, 2.45) is 0 Å². The summed E-state index contributed by atoms with van der Waals surface area (Å²) in [5, 5.41) is 9.90. The van der Waals surface area contributed by atoms with Crippen LogP contribution >= 0.6 is 11.8 Å². The first-order chi connectivity index (χ1) is 9.70. The third kappa shape index (κ3) is 3.91. The zero-order valence-corrected chi connectivity index (χ0v) is 12.4. The highest BCUT2D eigenvalue weighted by Gasteiger charge is 2.09. The lowest BCUT2D eigenvalue weighted by atomic mass is 9.94. The summed E-state index contributed by atoms with van der Waals surface area (Å²) in [7, 11) is 0. The maximum atomic E-state index is 11.9. The predicted octanol–water partition coefficient (Wildman–Crippen LogP) is 4.37. The fourth-order valence-corrected chi connectivity index (χ4v) is 2.64. The van der Waals surface area contributed by atoms with Crippen molar-refractivity contribution in [1.29, 1.82) is 0 Å². The van der Waals surface area contributed by atoms with Crippen LogP contribution in [0.2, 0.25) is 0 Å². The first-order valence-electron chi connectivity index (χ1n) is 6.82. The van der Waals surface area contributed by atoms with Crippen molar-refractivity contribution < 1.29 is 9.90 Å². The molecule has 1 aliphatic carbocycles. The molecule has 0 aromatic heterocycles. The second-order valence-corrected chi connectivity index (χ2v) is 5.70. The summed E-state index contributed by atoms with van der Waals surface area (Å²) in [4.78, 5) is 13.0. The van der Waals surface area contributed by atoms with Crippen molar-refractivity contribution in [2.75, 3.05) is 6.26 Å². The van der Waals surface area contributed by atoms with Crippen LogP contribution < -0.4 is 0 Å². The van der Waals surface area contributed by atoms with Gasteiger partial charge in [-0.2, -0.15) is 0 Å². The molecule has 3 heteroatoms. The summed E-state index contributed by atoms with van der Waals surface area (Å²) in [6.45, 7) is 0. The molecule has 0 atom stereocenters. The summed E-state index contributed by atoms with van der Waals surface area (Å²) >= 11 is 1.63. The average molecular weight is 286 g/mol. The standard InChI is InChI=1S/C17H18O2S/c1-20-15-9-7-14(8-10-15)17(19)12-11-16(18)13-5-3-2-4-6-13/h7-10,18H,2-6H2,1H3. The van der Waals surface area contributed by atoms with Gasteiger partial charge in [-0.25, -0.2) is 0 Å². The highest BCUT2D eigenvalue weighted by Crippen LogP contribution is 2.24. The van der Waals surface area contributed by atoms with E-state index in [0.717, 1.165) is 36.2 Å². The molecule has 0 heterocycles. The van der Waals surface area contributed by atoms with E-state index in [1.165, 1.54) is 6.42 Å². The van der Waals surface area contributed by atoms with E-state index in [1.54, 1.807) is 23.9 Å². The number of carbonyl (C=O) groups excluding carboxylic acids is 1. The number of aliphatic hydroxyl groups excluding tert-OH is 1. The molecule has 0 aliphatic heterocycles. The Morgan fingerprint density at radius 2 is 1.75 bits per heavy atom. The van der Waals surface area contributed by atoms with Gasteiger partial charge < -0.3 is 5.11 Å². The van der Waals surface area contributed by atoms with Gasteiger partial charge in [0.05, 0.1) is 0 Å². The summed E-state index contributed by atoms with van der Waals surface area (Å²) in [5.41, 5.74) is 1.56. The fraction of sp³-hybridized carbons (Fsp3) is 0.353. The van der Waals surface area contributed by atoms with Crippen LogP contribution in [0, 0.1) is 11.8 Å². The molecule has 0 amide bonds. The largest absolute Gasteiger partial charge is 0.501 e. The number of hydrogen-bond acceptors (Lipinski definition) is 3. The number of ketones is 1. The Morgan fingerprint density at radius 3 is 2.35 bits per heavy atom. The summed E-state index contributed by atoms with van der Waals surface area (Å²) in [6, 6.07) is 7.35. The Kier molecular flexibility index (Phi) is 5.31. The quantitative estimate of drug-likeness (QED) is 0.288. The molecule has 1 saturated carbocycles. The minimum absolute atomic E-state index is 0.0961.